The summed E-state index contributed by atoms with van der Waals surface area (Å²) in [6.07, 6.45) is 6.59. The van der Waals surface area contributed by atoms with E-state index in [4.69, 9.17) is 9.40 Å². The Morgan fingerprint density at radius 1 is 0.911 bits per heavy atom. The average molecular weight is 794 g/mol. The molecule has 0 aliphatic carbocycles. The Morgan fingerprint density at radius 3 is 2.36 bits per heavy atom. The summed E-state index contributed by atoms with van der Waals surface area (Å²) in [5.41, 5.74) is 7.26. The quantitative estimate of drug-likeness (QED) is 0.129. The maximum Gasteiger partial charge on any atom is 0.216 e. The van der Waals surface area contributed by atoms with Gasteiger partial charge < -0.3 is 14.4 Å². The van der Waals surface area contributed by atoms with E-state index in [1.807, 2.05) is 30.3 Å². The van der Waals surface area contributed by atoms with Crippen molar-refractivity contribution in [2.75, 3.05) is 0 Å². The summed E-state index contributed by atoms with van der Waals surface area (Å²) >= 11 is 0. The van der Waals surface area contributed by atoms with E-state index in [1.165, 1.54) is 16.8 Å². The second kappa shape index (κ2) is 13.9. The summed E-state index contributed by atoms with van der Waals surface area (Å²) < 4.78 is 20.1. The molecule has 0 aliphatic heterocycles. The fourth-order valence-electron chi connectivity index (χ4n) is 5.34. The molecule has 0 amide bonds. The number of hydrogen-bond acceptors (Lipinski definition) is 4. The van der Waals surface area contributed by atoms with Crippen LogP contribution >= 0.6 is 0 Å². The predicted octanol–water partition coefficient (Wildman–Crippen LogP) is 9.79. The molecule has 0 spiro atoms. The first-order valence-electron chi connectivity index (χ1n) is 15.1. The van der Waals surface area contributed by atoms with Crippen LogP contribution in [0.1, 0.15) is 51.7 Å². The first-order chi connectivity index (χ1) is 20.8. The number of benzene rings is 2. The van der Waals surface area contributed by atoms with Crippen molar-refractivity contribution >= 4 is 35.3 Å². The first-order valence-corrected chi connectivity index (χ1v) is 18.6. The van der Waals surface area contributed by atoms with Crippen LogP contribution < -0.4 is 5.19 Å². The summed E-state index contributed by atoms with van der Waals surface area (Å²) in [6.45, 7) is 18.3. The van der Waals surface area contributed by atoms with E-state index in [2.05, 4.69) is 94.7 Å². The number of fused-ring (bicyclic) bond motifs is 3. The minimum Gasteiger partial charge on any atom is -0.486 e. The van der Waals surface area contributed by atoms with Crippen molar-refractivity contribution in [2.45, 2.75) is 66.6 Å². The number of nitrogens with zero attached hydrogens (tertiary/aromatic N) is 3. The fourth-order valence-corrected chi connectivity index (χ4v) is 6.92. The molecule has 235 valence electrons. The van der Waals surface area contributed by atoms with Crippen LogP contribution in [0, 0.1) is 23.4 Å². The Morgan fingerprint density at radius 2 is 1.69 bits per heavy atom. The largest absolute Gasteiger partial charge is 0.486 e. The molecule has 0 atom stereocenters. The Balaban J connectivity index is 0.000000201. The molecule has 2 aromatic carbocycles. The SMILES string of the molecule is CC(C)(C)Cc1cc(-c2[c-]cccc2)ncc1[Si](C)(C)C.CC(C)c1ccnc(-c2[c-]cc(F)c3c2oc2ncccc23)c1.[Ir]. The zero-order chi connectivity index (χ0) is 31.6. The van der Waals surface area contributed by atoms with Gasteiger partial charge in [0, 0.05) is 49.9 Å². The van der Waals surface area contributed by atoms with Crippen LogP contribution in [0.2, 0.25) is 19.6 Å². The number of hydrogen-bond donors (Lipinski definition) is 0. The molecule has 45 heavy (non-hydrogen) atoms. The van der Waals surface area contributed by atoms with Crippen LogP contribution in [0.25, 0.3) is 44.6 Å². The van der Waals surface area contributed by atoms with E-state index >= 15 is 0 Å². The normalized spacial score (nSPS) is 11.8. The molecule has 0 fully saturated rings. The molecule has 0 saturated heterocycles. The number of rotatable bonds is 5. The molecule has 1 radical (unpaired) electrons. The summed E-state index contributed by atoms with van der Waals surface area (Å²) in [4.78, 5) is 13.3. The van der Waals surface area contributed by atoms with Gasteiger partial charge in [0.15, 0.2) is 0 Å². The molecule has 4 nitrogen and oxygen atoms in total. The van der Waals surface area contributed by atoms with Crippen LogP contribution in [0.4, 0.5) is 4.39 Å². The molecule has 4 aromatic heterocycles. The first kappa shape index (κ1) is 34.4. The standard InChI is InChI=1S/C19H14FN2O.C19H26NSi.Ir/c1-11(2)12-7-9-21-16(10-12)13-5-6-15(20)17-14-4-3-8-22-19(14)23-18(13)17;1-19(2,3)13-16-12-17(15-10-8-7-9-11-15)20-14-18(16)21(4,5)6;/h3-4,6-11H,1-2H3;7-10,12,14H,13H2,1-6H3;/q2*-1;. The van der Waals surface area contributed by atoms with E-state index in [0.29, 0.717) is 33.6 Å². The second-order valence-corrected chi connectivity index (χ2v) is 18.8. The third-order valence-corrected chi connectivity index (χ3v) is 9.55. The van der Waals surface area contributed by atoms with Crippen molar-refractivity contribution in [3.63, 3.8) is 0 Å². The average Bonchev–Trinajstić information content (AvgIpc) is 3.37. The van der Waals surface area contributed by atoms with Gasteiger partial charge in [0.05, 0.1) is 13.7 Å². The zero-order valence-electron chi connectivity index (χ0n) is 27.3. The molecule has 0 aliphatic rings. The molecule has 6 rings (SSSR count). The van der Waals surface area contributed by atoms with Gasteiger partial charge in [-0.3, -0.25) is 4.39 Å². The third-order valence-electron chi connectivity index (χ3n) is 7.49. The van der Waals surface area contributed by atoms with Gasteiger partial charge in [-0.05, 0) is 57.9 Å². The van der Waals surface area contributed by atoms with Gasteiger partial charge in [0.1, 0.15) is 0 Å². The Bertz CT molecular complexity index is 1910. The molecule has 0 unspecified atom stereocenters. The van der Waals surface area contributed by atoms with Crippen molar-refractivity contribution < 1.29 is 28.9 Å². The van der Waals surface area contributed by atoms with Gasteiger partial charge in [-0.25, -0.2) is 4.98 Å². The maximum absolute atomic E-state index is 14.3. The molecule has 0 N–H and O–H groups in total. The topological polar surface area (TPSA) is 51.8 Å². The van der Waals surface area contributed by atoms with Crippen LogP contribution in [0.15, 0.2) is 83.7 Å². The van der Waals surface area contributed by atoms with Crippen molar-refractivity contribution in [1.82, 2.24) is 15.0 Å². The molecule has 7 heteroatoms. The van der Waals surface area contributed by atoms with Crippen molar-refractivity contribution in [2.24, 2.45) is 5.41 Å². The number of pyridine rings is 3. The third kappa shape index (κ3) is 8.02. The summed E-state index contributed by atoms with van der Waals surface area (Å²) in [5.74, 6) is 0.0144. The molecule has 6 aromatic rings. The van der Waals surface area contributed by atoms with Gasteiger partial charge in [-0.15, -0.1) is 48.0 Å². The van der Waals surface area contributed by atoms with E-state index < -0.39 is 8.07 Å². The Hall–Kier alpha value is -3.51. The smallest absolute Gasteiger partial charge is 0.216 e. The van der Waals surface area contributed by atoms with Gasteiger partial charge in [-0.2, -0.15) is 0 Å². The molecule has 0 bridgehead atoms. The van der Waals surface area contributed by atoms with E-state index in [9.17, 15) is 4.39 Å². The number of aromatic nitrogens is 3. The summed E-state index contributed by atoms with van der Waals surface area (Å²) in [7, 11) is -1.37. The summed E-state index contributed by atoms with van der Waals surface area (Å²) in [5, 5.41) is 2.57. The monoisotopic (exact) mass is 794 g/mol. The van der Waals surface area contributed by atoms with Gasteiger partial charge in [-0.1, -0.05) is 83.1 Å². The maximum atomic E-state index is 14.3. The predicted molar refractivity (Wildman–Crippen MR) is 182 cm³/mol. The zero-order valence-corrected chi connectivity index (χ0v) is 30.6. The Labute approximate surface area is 280 Å². The molecule has 0 saturated carbocycles. The van der Waals surface area contributed by atoms with Crippen LogP contribution in [-0.2, 0) is 26.5 Å². The number of halogens is 1. The minimum absolute atomic E-state index is 0. The van der Waals surface area contributed by atoms with E-state index in [1.54, 1.807) is 24.5 Å². The van der Waals surface area contributed by atoms with Gasteiger partial charge >= 0.3 is 0 Å². The number of furan rings is 1. The second-order valence-electron chi connectivity index (χ2n) is 13.8. The fraction of sp³-hybridized carbons (Fsp3) is 0.289. The molecule has 4 heterocycles. The van der Waals surface area contributed by atoms with Gasteiger partial charge in [0.25, 0.3) is 0 Å². The van der Waals surface area contributed by atoms with Crippen LogP contribution in [0.5, 0.6) is 0 Å². The van der Waals surface area contributed by atoms with E-state index in [-0.39, 0.29) is 31.3 Å². The minimum atomic E-state index is -1.37. The Kier molecular flexibility index (Phi) is 10.6. The van der Waals surface area contributed by atoms with Crippen molar-refractivity contribution in [3.8, 4) is 22.5 Å². The summed E-state index contributed by atoms with van der Waals surface area (Å²) in [6, 6.07) is 25.5. The van der Waals surface area contributed by atoms with E-state index in [0.717, 1.165) is 28.9 Å². The molecular formula is C38H40FIrN3OSi-2. The van der Waals surface area contributed by atoms with Crippen molar-refractivity contribution in [1.29, 1.82) is 0 Å². The van der Waals surface area contributed by atoms with Crippen LogP contribution in [0.3, 0.4) is 0 Å². The van der Waals surface area contributed by atoms with Crippen molar-refractivity contribution in [3.05, 3.63) is 108 Å². The van der Waals surface area contributed by atoms with Crippen LogP contribution in [-0.4, -0.2) is 23.0 Å². The van der Waals surface area contributed by atoms with Gasteiger partial charge in [0.2, 0.25) is 5.71 Å². The molecular weight excluding hydrogens is 754 g/mol.